The first-order valence-electron chi connectivity index (χ1n) is 16.0. The molecule has 250 valence electrons. The zero-order valence-electron chi connectivity index (χ0n) is 25.7. The molecular formula is C34H31F5N6O3. The first-order chi connectivity index (χ1) is 23.0. The predicted molar refractivity (Wildman–Crippen MR) is 167 cm³/mol. The fraction of sp³-hybridized carbons (Fsp3) is 0.441. The molecule has 14 heteroatoms. The van der Waals surface area contributed by atoms with E-state index in [-0.39, 0.29) is 65.1 Å². The minimum atomic E-state index is -4.75. The van der Waals surface area contributed by atoms with Crippen LogP contribution in [0.1, 0.15) is 36.9 Å². The van der Waals surface area contributed by atoms with Gasteiger partial charge in [0.2, 0.25) is 0 Å². The second-order valence-corrected chi connectivity index (χ2v) is 13.0. The number of halogens is 5. The minimum absolute atomic E-state index is 0.00489. The van der Waals surface area contributed by atoms with Crippen LogP contribution >= 0.6 is 0 Å². The molecule has 0 radical (unpaired) electrons. The molecule has 0 saturated carbocycles. The standard InChI is InChI=1S/C34H31F5N6O3/c1-2-22-24(35)6-4-18-12-20(46)13-23(26(18)22)29-28(36)30-27-25(41-29)7-5-19-15-40-9-11-45(19)31(27)43-32(42-30)47-17-33-8-3-10-44(33)16-21(14-33)48-34(37,38)39/h1,4,6,12-13,19,21,40,46H,3,5,7-11,14-17H2. The quantitative estimate of drug-likeness (QED) is 0.224. The maximum Gasteiger partial charge on any atom is 0.522 e. The van der Waals surface area contributed by atoms with E-state index in [1.54, 1.807) is 0 Å². The molecule has 3 fully saturated rings. The normalized spacial score (nSPS) is 24.0. The lowest BCUT2D eigenvalue weighted by atomic mass is 9.94. The van der Waals surface area contributed by atoms with Gasteiger partial charge in [-0.15, -0.1) is 19.6 Å². The topological polar surface area (TPSA) is 95.9 Å². The Hall–Kier alpha value is -4.32. The number of pyridine rings is 1. The Bertz CT molecular complexity index is 2000. The molecule has 48 heavy (non-hydrogen) atoms. The van der Waals surface area contributed by atoms with Crippen molar-refractivity contribution in [1.82, 2.24) is 25.2 Å². The Morgan fingerprint density at radius 3 is 2.79 bits per heavy atom. The van der Waals surface area contributed by atoms with Crippen LogP contribution in [-0.2, 0) is 11.2 Å². The summed E-state index contributed by atoms with van der Waals surface area (Å²) >= 11 is 0. The molecule has 0 aliphatic carbocycles. The Morgan fingerprint density at radius 1 is 1.12 bits per heavy atom. The van der Waals surface area contributed by atoms with Gasteiger partial charge in [-0.2, -0.15) is 9.97 Å². The lowest BCUT2D eigenvalue weighted by Crippen LogP contribution is -2.51. The van der Waals surface area contributed by atoms with E-state index in [4.69, 9.17) is 21.1 Å². The van der Waals surface area contributed by atoms with E-state index in [2.05, 4.69) is 25.9 Å². The van der Waals surface area contributed by atoms with Gasteiger partial charge in [-0.25, -0.2) is 13.8 Å². The molecule has 4 aliphatic heterocycles. The number of ether oxygens (including phenoxy) is 2. The number of rotatable bonds is 5. The molecule has 6 heterocycles. The molecule has 0 bridgehead atoms. The zero-order valence-corrected chi connectivity index (χ0v) is 25.7. The first-order valence-corrected chi connectivity index (χ1v) is 16.0. The van der Waals surface area contributed by atoms with E-state index in [1.165, 1.54) is 24.3 Å². The average molecular weight is 667 g/mol. The minimum Gasteiger partial charge on any atom is -0.508 e. The Morgan fingerprint density at radius 2 is 1.98 bits per heavy atom. The van der Waals surface area contributed by atoms with E-state index >= 15 is 4.39 Å². The summed E-state index contributed by atoms with van der Waals surface area (Å²) in [6.07, 6.45) is 2.59. The summed E-state index contributed by atoms with van der Waals surface area (Å²) in [5.41, 5.74) is -0.358. The number of alkyl halides is 3. The van der Waals surface area contributed by atoms with Crippen molar-refractivity contribution in [1.29, 1.82) is 0 Å². The Balaban J connectivity index is 1.27. The van der Waals surface area contributed by atoms with Crippen molar-refractivity contribution in [2.24, 2.45) is 0 Å². The fourth-order valence-electron chi connectivity index (χ4n) is 8.12. The van der Waals surface area contributed by atoms with Crippen LogP contribution in [0.4, 0.5) is 27.8 Å². The molecule has 4 aromatic rings. The number of terminal acetylenes is 1. The van der Waals surface area contributed by atoms with E-state index in [1.807, 2.05) is 4.90 Å². The van der Waals surface area contributed by atoms with E-state index in [0.29, 0.717) is 67.7 Å². The molecule has 0 amide bonds. The lowest BCUT2D eigenvalue weighted by Gasteiger charge is -2.36. The molecule has 8 rings (SSSR count). The largest absolute Gasteiger partial charge is 0.522 e. The summed E-state index contributed by atoms with van der Waals surface area (Å²) in [6, 6.07) is 5.29. The monoisotopic (exact) mass is 666 g/mol. The third kappa shape index (κ3) is 5.15. The molecule has 3 unspecified atom stereocenters. The van der Waals surface area contributed by atoms with Gasteiger partial charge in [-0.3, -0.25) is 9.64 Å². The van der Waals surface area contributed by atoms with Crippen molar-refractivity contribution >= 4 is 27.5 Å². The van der Waals surface area contributed by atoms with E-state index < -0.39 is 29.6 Å². The SMILES string of the molecule is C#Cc1c(F)ccc2cc(O)cc(-c3nc4c5c(nc(OCC67CCCN6CC(OC(F)(F)F)C7)nc5c3F)N3CCNCC3CC4)c12. The summed E-state index contributed by atoms with van der Waals surface area (Å²) in [4.78, 5) is 18.2. The number of fused-ring (bicyclic) bond motifs is 4. The van der Waals surface area contributed by atoms with Crippen LogP contribution in [0.5, 0.6) is 11.8 Å². The first kappa shape index (κ1) is 31.0. The number of aromatic hydroxyl groups is 1. The molecule has 2 N–H and O–H groups in total. The van der Waals surface area contributed by atoms with Gasteiger partial charge >= 0.3 is 12.4 Å². The van der Waals surface area contributed by atoms with Crippen LogP contribution in [-0.4, -0.2) is 88.3 Å². The molecule has 2 aromatic heterocycles. The summed E-state index contributed by atoms with van der Waals surface area (Å²) in [7, 11) is 0. The number of anilines is 1. The van der Waals surface area contributed by atoms with Gasteiger partial charge in [0.25, 0.3) is 0 Å². The molecule has 3 saturated heterocycles. The number of piperazine rings is 1. The number of phenols is 1. The molecule has 3 atom stereocenters. The van der Waals surface area contributed by atoms with Crippen LogP contribution in [0, 0.1) is 24.0 Å². The maximum absolute atomic E-state index is 17.0. The average Bonchev–Trinajstić information content (AvgIpc) is 3.53. The summed E-state index contributed by atoms with van der Waals surface area (Å²) in [5, 5.41) is 15.1. The van der Waals surface area contributed by atoms with Gasteiger partial charge < -0.3 is 20.1 Å². The fourth-order valence-corrected chi connectivity index (χ4v) is 8.12. The second-order valence-electron chi connectivity index (χ2n) is 13.0. The number of benzene rings is 2. The number of nitrogens with zero attached hydrogens (tertiary/aromatic N) is 5. The van der Waals surface area contributed by atoms with Gasteiger partial charge in [0, 0.05) is 43.2 Å². The Kier molecular flexibility index (Phi) is 7.35. The number of phenolic OH excluding ortho intramolecular Hbond substituents is 1. The van der Waals surface area contributed by atoms with Crippen molar-refractivity contribution in [3.63, 3.8) is 0 Å². The molecule has 9 nitrogen and oxygen atoms in total. The van der Waals surface area contributed by atoms with Gasteiger partial charge in [-0.1, -0.05) is 12.0 Å². The maximum atomic E-state index is 17.0. The molecular weight excluding hydrogens is 635 g/mol. The number of aromatic nitrogens is 3. The van der Waals surface area contributed by atoms with E-state index in [0.717, 1.165) is 6.42 Å². The van der Waals surface area contributed by atoms with Crippen LogP contribution in [0.15, 0.2) is 24.3 Å². The van der Waals surface area contributed by atoms with Gasteiger partial charge in [0.1, 0.15) is 35.2 Å². The zero-order chi connectivity index (χ0) is 33.4. The second kappa shape index (κ2) is 11.4. The number of hydrogen-bond acceptors (Lipinski definition) is 9. The molecule has 2 aromatic carbocycles. The van der Waals surface area contributed by atoms with Crippen LogP contribution in [0.3, 0.4) is 0 Å². The number of nitrogens with one attached hydrogen (secondary N) is 1. The van der Waals surface area contributed by atoms with Crippen molar-refractivity contribution in [3.05, 3.63) is 47.2 Å². The summed E-state index contributed by atoms with van der Waals surface area (Å²) in [5.74, 6) is 1.15. The smallest absolute Gasteiger partial charge is 0.508 e. The third-order valence-corrected chi connectivity index (χ3v) is 10.2. The highest BCUT2D eigenvalue weighted by molar-refractivity contribution is 6.03. The summed E-state index contributed by atoms with van der Waals surface area (Å²) < 4.78 is 81.7. The van der Waals surface area contributed by atoms with Crippen molar-refractivity contribution < 1.29 is 36.5 Å². The van der Waals surface area contributed by atoms with Crippen molar-refractivity contribution in [3.8, 4) is 35.4 Å². The van der Waals surface area contributed by atoms with Crippen molar-refractivity contribution in [2.45, 2.75) is 56.2 Å². The highest BCUT2D eigenvalue weighted by Crippen LogP contribution is 2.44. The lowest BCUT2D eigenvalue weighted by molar-refractivity contribution is -0.340. The van der Waals surface area contributed by atoms with Gasteiger partial charge in [0.15, 0.2) is 5.82 Å². The third-order valence-electron chi connectivity index (χ3n) is 10.2. The highest BCUT2D eigenvalue weighted by Gasteiger charge is 2.52. The number of aryl methyl sites for hydroxylation is 1. The van der Waals surface area contributed by atoms with Crippen LogP contribution in [0.25, 0.3) is 32.9 Å². The predicted octanol–water partition coefficient (Wildman–Crippen LogP) is 5.06. The Labute approximate surface area is 272 Å². The van der Waals surface area contributed by atoms with E-state index in [9.17, 15) is 22.7 Å². The summed E-state index contributed by atoms with van der Waals surface area (Å²) in [6.45, 7) is 2.67. The highest BCUT2D eigenvalue weighted by atomic mass is 19.4. The number of hydrogen-bond donors (Lipinski definition) is 2. The van der Waals surface area contributed by atoms with Gasteiger partial charge in [0.05, 0.1) is 28.3 Å². The van der Waals surface area contributed by atoms with Gasteiger partial charge in [-0.05, 0) is 62.2 Å². The van der Waals surface area contributed by atoms with Crippen LogP contribution in [0.2, 0.25) is 0 Å². The molecule has 0 spiro atoms. The van der Waals surface area contributed by atoms with Crippen molar-refractivity contribution in [2.75, 3.05) is 44.2 Å². The van der Waals surface area contributed by atoms with Crippen LogP contribution < -0.4 is 15.0 Å². The molecule has 4 aliphatic rings.